The topological polar surface area (TPSA) is 53.2 Å². The Morgan fingerprint density at radius 3 is 2.48 bits per heavy atom. The molecule has 2 aromatic carbocycles. The van der Waals surface area contributed by atoms with Gasteiger partial charge in [0.1, 0.15) is 5.75 Å². The van der Waals surface area contributed by atoms with Gasteiger partial charge in [0.2, 0.25) is 0 Å². The lowest BCUT2D eigenvalue weighted by Gasteiger charge is -2.15. The zero-order chi connectivity index (χ0) is 18.0. The smallest absolute Gasteiger partial charge is 0.331 e. The summed E-state index contributed by atoms with van der Waals surface area (Å²) in [6.07, 6.45) is 0. The number of hydrogen-bond acceptors (Lipinski definition) is 3. The van der Waals surface area contributed by atoms with E-state index in [1.165, 1.54) is 4.57 Å². The van der Waals surface area contributed by atoms with Gasteiger partial charge in [0.05, 0.1) is 24.6 Å². The molecule has 3 rings (SSSR count). The molecule has 0 fully saturated rings. The highest BCUT2D eigenvalue weighted by Gasteiger charge is 2.14. The average molecular weight is 338 g/mol. The average Bonchev–Trinajstić information content (AvgIpc) is 2.62. The molecule has 0 N–H and O–H groups in total. The van der Waals surface area contributed by atoms with Crippen molar-refractivity contribution in [3.8, 4) is 5.75 Å². The van der Waals surface area contributed by atoms with Crippen molar-refractivity contribution in [2.45, 2.75) is 26.9 Å². The van der Waals surface area contributed by atoms with Crippen LogP contribution in [0, 0.1) is 5.92 Å². The first kappa shape index (κ1) is 17.0. The van der Waals surface area contributed by atoms with E-state index < -0.39 is 0 Å². The summed E-state index contributed by atoms with van der Waals surface area (Å²) in [7, 11) is 1.61. The maximum Gasteiger partial charge on any atom is 0.331 e. The van der Waals surface area contributed by atoms with Crippen molar-refractivity contribution in [3.05, 3.63) is 74.9 Å². The van der Waals surface area contributed by atoms with Gasteiger partial charge in [-0.05, 0) is 35.7 Å². The Balaban J connectivity index is 2.22. The molecule has 0 radical (unpaired) electrons. The summed E-state index contributed by atoms with van der Waals surface area (Å²) in [5.41, 5.74) is 1.10. The molecule has 1 aromatic heterocycles. The van der Waals surface area contributed by atoms with E-state index in [1.807, 2.05) is 56.3 Å². The SMILES string of the molecule is COc1cccc(Cn2c(=O)n(CC(C)C)c(=O)c3ccccc32)c1. The first-order valence-electron chi connectivity index (χ1n) is 8.36. The zero-order valence-electron chi connectivity index (χ0n) is 14.7. The van der Waals surface area contributed by atoms with Crippen molar-refractivity contribution in [2.75, 3.05) is 7.11 Å². The number of nitrogens with zero attached hydrogens (tertiary/aromatic N) is 2. The minimum absolute atomic E-state index is 0.205. The quantitative estimate of drug-likeness (QED) is 0.719. The van der Waals surface area contributed by atoms with Crippen LogP contribution in [-0.2, 0) is 13.1 Å². The fraction of sp³-hybridized carbons (Fsp3) is 0.300. The molecule has 0 saturated carbocycles. The second kappa shape index (κ2) is 6.97. The van der Waals surface area contributed by atoms with Crippen LogP contribution in [0.25, 0.3) is 10.9 Å². The minimum Gasteiger partial charge on any atom is -0.497 e. The lowest BCUT2D eigenvalue weighted by Crippen LogP contribution is -2.41. The molecule has 0 spiro atoms. The van der Waals surface area contributed by atoms with Crippen LogP contribution >= 0.6 is 0 Å². The van der Waals surface area contributed by atoms with Crippen molar-refractivity contribution in [3.63, 3.8) is 0 Å². The molecule has 5 heteroatoms. The highest BCUT2D eigenvalue weighted by atomic mass is 16.5. The Bertz CT molecular complexity index is 1020. The van der Waals surface area contributed by atoms with Gasteiger partial charge in [-0.1, -0.05) is 38.1 Å². The number of para-hydroxylation sites is 1. The summed E-state index contributed by atoms with van der Waals surface area (Å²) in [4.78, 5) is 25.7. The molecule has 0 aliphatic carbocycles. The minimum atomic E-state index is -0.278. The highest BCUT2D eigenvalue weighted by Crippen LogP contribution is 2.15. The van der Waals surface area contributed by atoms with E-state index in [2.05, 4.69) is 0 Å². The van der Waals surface area contributed by atoms with Crippen molar-refractivity contribution in [1.29, 1.82) is 0 Å². The van der Waals surface area contributed by atoms with E-state index in [1.54, 1.807) is 17.7 Å². The van der Waals surface area contributed by atoms with Gasteiger partial charge in [-0.2, -0.15) is 0 Å². The number of benzene rings is 2. The summed E-state index contributed by atoms with van der Waals surface area (Å²) in [5.74, 6) is 0.946. The maximum absolute atomic E-state index is 13.0. The third-order valence-electron chi connectivity index (χ3n) is 4.15. The van der Waals surface area contributed by atoms with Crippen molar-refractivity contribution < 1.29 is 4.74 Å². The predicted octanol–water partition coefficient (Wildman–Crippen LogP) is 2.88. The molecule has 1 heterocycles. The van der Waals surface area contributed by atoms with Gasteiger partial charge in [-0.3, -0.25) is 13.9 Å². The van der Waals surface area contributed by atoms with Crippen molar-refractivity contribution in [2.24, 2.45) is 5.92 Å². The molecule has 5 nitrogen and oxygen atoms in total. The fourth-order valence-corrected chi connectivity index (χ4v) is 3.00. The van der Waals surface area contributed by atoms with Crippen LogP contribution in [0.1, 0.15) is 19.4 Å². The second-order valence-corrected chi connectivity index (χ2v) is 6.55. The van der Waals surface area contributed by atoms with E-state index in [0.717, 1.165) is 11.3 Å². The summed E-state index contributed by atoms with van der Waals surface area (Å²) in [5, 5.41) is 0.561. The number of aromatic nitrogens is 2. The summed E-state index contributed by atoms with van der Waals surface area (Å²) in [6.45, 7) is 4.77. The van der Waals surface area contributed by atoms with Crippen LogP contribution in [0.2, 0.25) is 0 Å². The monoisotopic (exact) mass is 338 g/mol. The van der Waals surface area contributed by atoms with Crippen molar-refractivity contribution >= 4 is 10.9 Å². The first-order chi connectivity index (χ1) is 12.0. The van der Waals surface area contributed by atoms with Gasteiger partial charge < -0.3 is 4.74 Å². The molecule has 25 heavy (non-hydrogen) atoms. The van der Waals surface area contributed by atoms with Crippen LogP contribution in [0.5, 0.6) is 5.75 Å². The summed E-state index contributed by atoms with van der Waals surface area (Å²) >= 11 is 0. The largest absolute Gasteiger partial charge is 0.497 e. The molecule has 3 aromatic rings. The molecule has 0 saturated heterocycles. The molecular weight excluding hydrogens is 316 g/mol. The Hall–Kier alpha value is -2.82. The molecule has 0 aliphatic rings. The van der Waals surface area contributed by atoms with E-state index >= 15 is 0 Å². The fourth-order valence-electron chi connectivity index (χ4n) is 3.00. The van der Waals surface area contributed by atoms with E-state index in [9.17, 15) is 9.59 Å². The first-order valence-corrected chi connectivity index (χ1v) is 8.36. The number of fused-ring (bicyclic) bond motifs is 1. The van der Waals surface area contributed by atoms with Crippen LogP contribution in [0.3, 0.4) is 0 Å². The van der Waals surface area contributed by atoms with Gasteiger partial charge in [0.25, 0.3) is 5.56 Å². The summed E-state index contributed by atoms with van der Waals surface area (Å²) < 4.78 is 8.26. The van der Waals surface area contributed by atoms with Gasteiger partial charge in [-0.15, -0.1) is 0 Å². The van der Waals surface area contributed by atoms with Gasteiger partial charge in [0.15, 0.2) is 0 Å². The Morgan fingerprint density at radius 1 is 1.00 bits per heavy atom. The lowest BCUT2D eigenvalue weighted by molar-refractivity contribution is 0.414. The number of methoxy groups -OCH3 is 1. The van der Waals surface area contributed by atoms with Gasteiger partial charge >= 0.3 is 5.69 Å². The van der Waals surface area contributed by atoms with Gasteiger partial charge in [0, 0.05) is 6.54 Å². The summed E-state index contributed by atoms with van der Waals surface area (Å²) in [6, 6.07) is 14.9. The third-order valence-corrected chi connectivity index (χ3v) is 4.15. The van der Waals surface area contributed by atoms with E-state index in [4.69, 9.17) is 4.74 Å². The highest BCUT2D eigenvalue weighted by molar-refractivity contribution is 5.77. The second-order valence-electron chi connectivity index (χ2n) is 6.55. The number of hydrogen-bond donors (Lipinski definition) is 0. The van der Waals surface area contributed by atoms with Gasteiger partial charge in [-0.25, -0.2) is 4.79 Å². The Labute approximate surface area is 146 Å². The molecule has 0 bridgehead atoms. The number of rotatable bonds is 5. The number of ether oxygens (including phenoxy) is 1. The Morgan fingerprint density at radius 2 is 1.76 bits per heavy atom. The lowest BCUT2D eigenvalue weighted by atomic mass is 10.2. The zero-order valence-corrected chi connectivity index (χ0v) is 14.7. The van der Waals surface area contributed by atoms with E-state index in [-0.39, 0.29) is 17.2 Å². The standard InChI is InChI=1S/C20H22N2O3/c1-14(2)12-22-19(23)17-9-4-5-10-18(17)21(20(22)24)13-15-7-6-8-16(11-15)25-3/h4-11,14H,12-13H2,1-3H3. The predicted molar refractivity (Wildman–Crippen MR) is 99.4 cm³/mol. The molecule has 130 valence electrons. The molecule has 0 unspecified atom stereocenters. The van der Waals surface area contributed by atoms with Crippen LogP contribution < -0.4 is 16.0 Å². The maximum atomic E-state index is 13.0. The van der Waals surface area contributed by atoms with E-state index in [0.29, 0.717) is 24.0 Å². The van der Waals surface area contributed by atoms with Crippen molar-refractivity contribution in [1.82, 2.24) is 9.13 Å². The Kier molecular flexibility index (Phi) is 4.74. The van der Waals surface area contributed by atoms with Crippen LogP contribution in [0.15, 0.2) is 58.1 Å². The molecule has 0 aliphatic heterocycles. The normalized spacial score (nSPS) is 11.2. The molecule has 0 atom stereocenters. The molecular formula is C20H22N2O3. The van der Waals surface area contributed by atoms with Crippen LogP contribution in [-0.4, -0.2) is 16.2 Å². The molecule has 0 amide bonds. The third kappa shape index (κ3) is 3.36. The van der Waals surface area contributed by atoms with Crippen LogP contribution in [0.4, 0.5) is 0 Å².